The average molecular weight is 410 g/mol. The highest BCUT2D eigenvalue weighted by atomic mass is 127. The molecule has 0 aromatic heterocycles. The largest absolute Gasteiger partial charge is 0.460 e. The number of hydrogen-bond acceptors (Lipinski definition) is 6. The fraction of sp³-hybridized carbons (Fsp3) is 0.333. The molecule has 110 valence electrons. The number of ether oxygens (including phenoxy) is 1. The summed E-state index contributed by atoms with van der Waals surface area (Å²) >= 11 is 1.99. The van der Waals surface area contributed by atoms with E-state index in [0.29, 0.717) is 0 Å². The van der Waals surface area contributed by atoms with Crippen molar-refractivity contribution in [2.75, 3.05) is 0 Å². The zero-order chi connectivity index (χ0) is 14.8. The first-order valence-corrected chi connectivity index (χ1v) is 9.20. The van der Waals surface area contributed by atoms with Crippen molar-refractivity contribution in [2.45, 2.75) is 25.5 Å². The first-order valence-electron chi connectivity index (χ1n) is 5.84. The van der Waals surface area contributed by atoms with Crippen LogP contribution < -0.4 is 10.2 Å². The van der Waals surface area contributed by atoms with E-state index >= 15 is 0 Å². The summed E-state index contributed by atoms with van der Waals surface area (Å²) in [6.07, 6.45) is 0.280. The molecule has 0 heterocycles. The summed E-state index contributed by atoms with van der Waals surface area (Å²) in [7, 11) is 1.24. The number of benzene rings is 1. The molecule has 0 aliphatic heterocycles. The van der Waals surface area contributed by atoms with Crippen LogP contribution in [-0.2, 0) is 20.9 Å². The van der Waals surface area contributed by atoms with E-state index in [9.17, 15) is 9.59 Å². The van der Waals surface area contributed by atoms with Crippen molar-refractivity contribution in [3.63, 3.8) is 0 Å². The summed E-state index contributed by atoms with van der Waals surface area (Å²) in [5.74, 6) is -0.963. The molecule has 0 radical (unpaired) electrons. The van der Waals surface area contributed by atoms with Gasteiger partial charge in [-0.3, -0.25) is 14.8 Å². The number of amides is 1. The van der Waals surface area contributed by atoms with E-state index in [1.165, 1.54) is 14.6 Å². The van der Waals surface area contributed by atoms with Crippen molar-refractivity contribution in [2.24, 2.45) is 0 Å². The number of hydrogen-bond donors (Lipinski definition) is 3. The maximum Gasteiger partial charge on any atom is 0.324 e. The third kappa shape index (κ3) is 6.55. The number of rotatable bonds is 8. The van der Waals surface area contributed by atoms with Crippen molar-refractivity contribution in [3.05, 3.63) is 35.9 Å². The minimum atomic E-state index is -0.599. The number of esters is 1. The molecule has 3 N–H and O–H groups in total. The molecule has 1 aromatic carbocycles. The monoisotopic (exact) mass is 410 g/mol. The van der Waals surface area contributed by atoms with Crippen LogP contribution in [0.4, 0.5) is 0 Å². The summed E-state index contributed by atoms with van der Waals surface area (Å²) in [5.41, 5.74) is 2.43. The van der Waals surface area contributed by atoms with Crippen molar-refractivity contribution < 1.29 is 19.5 Å². The molecule has 1 rings (SSSR count). The fourth-order valence-electron chi connectivity index (χ4n) is 1.44. The highest BCUT2D eigenvalue weighted by Gasteiger charge is 2.20. The predicted molar refractivity (Wildman–Crippen MR) is 83.9 cm³/mol. The lowest BCUT2D eigenvalue weighted by atomic mass is 10.1. The van der Waals surface area contributed by atoms with E-state index in [-0.39, 0.29) is 19.4 Å². The molecule has 0 unspecified atom stereocenters. The molecule has 0 aliphatic carbocycles. The van der Waals surface area contributed by atoms with Crippen LogP contribution >= 0.6 is 30.3 Å². The maximum atomic E-state index is 11.9. The molecule has 0 aliphatic rings. The number of carbonyl (C=O) groups excluding carboxylic acids is 2. The van der Waals surface area contributed by atoms with Gasteiger partial charge in [0.05, 0.1) is 0 Å². The van der Waals surface area contributed by atoms with Gasteiger partial charge in [-0.1, -0.05) is 30.3 Å². The summed E-state index contributed by atoms with van der Waals surface area (Å²) in [4.78, 5) is 22.9. The predicted octanol–water partition coefficient (Wildman–Crippen LogP) is 1.97. The smallest absolute Gasteiger partial charge is 0.324 e. The number of carbonyl (C=O) groups is 2. The molecule has 1 atom stereocenters. The van der Waals surface area contributed by atoms with Crippen molar-refractivity contribution in [1.82, 2.24) is 10.2 Å². The molecule has 0 spiro atoms. The Labute approximate surface area is 133 Å². The number of halogens is 1. The van der Waals surface area contributed by atoms with Gasteiger partial charge in [-0.15, -0.1) is 0 Å². The normalized spacial score (nSPS) is 11.7. The summed E-state index contributed by atoms with van der Waals surface area (Å²) in [6, 6.07) is 8.74. The quantitative estimate of drug-likeness (QED) is 0.200. The van der Waals surface area contributed by atoms with Crippen molar-refractivity contribution >= 4 is 42.2 Å². The zero-order valence-corrected chi connectivity index (χ0v) is 13.5. The minimum Gasteiger partial charge on any atom is -0.460 e. The summed E-state index contributed by atoms with van der Waals surface area (Å²) in [5, 5.41) is 8.43. The Bertz CT molecular complexity index is 433. The SMILES string of the molecule is O=C(CC[C@H](NSI)C(=O)OCc1ccccc1)NO. The molecular weight excluding hydrogens is 395 g/mol. The Hall–Kier alpha value is -0.840. The highest BCUT2D eigenvalue weighted by Crippen LogP contribution is 2.12. The number of hydroxylamine groups is 1. The second kappa shape index (κ2) is 9.97. The molecular formula is C12H15IN2O4S. The Morgan fingerprint density at radius 3 is 2.65 bits per heavy atom. The Morgan fingerprint density at radius 2 is 2.05 bits per heavy atom. The summed E-state index contributed by atoms with van der Waals surface area (Å²) in [6.45, 7) is 0.190. The average Bonchev–Trinajstić information content (AvgIpc) is 2.49. The number of nitrogens with one attached hydrogen (secondary N) is 2. The van der Waals surface area contributed by atoms with Gasteiger partial charge in [0, 0.05) is 27.6 Å². The second-order valence-corrected chi connectivity index (χ2v) is 5.63. The Morgan fingerprint density at radius 1 is 1.35 bits per heavy atom. The van der Waals surface area contributed by atoms with Gasteiger partial charge in [0.1, 0.15) is 12.6 Å². The lowest BCUT2D eigenvalue weighted by Gasteiger charge is -2.15. The van der Waals surface area contributed by atoms with Crippen LogP contribution in [0.25, 0.3) is 0 Å². The van der Waals surface area contributed by atoms with Gasteiger partial charge >= 0.3 is 5.97 Å². The molecule has 1 aromatic rings. The van der Waals surface area contributed by atoms with E-state index in [0.717, 1.165) is 5.56 Å². The second-order valence-electron chi connectivity index (χ2n) is 3.91. The molecule has 8 heteroatoms. The first-order chi connectivity index (χ1) is 9.67. The van der Waals surface area contributed by atoms with Crippen LogP contribution in [0.1, 0.15) is 18.4 Å². The lowest BCUT2D eigenvalue weighted by molar-refractivity contribution is -0.147. The third-order valence-corrected chi connectivity index (χ3v) is 3.62. The van der Waals surface area contributed by atoms with Gasteiger partial charge in [0.2, 0.25) is 5.91 Å². The van der Waals surface area contributed by atoms with E-state index in [2.05, 4.69) is 4.72 Å². The molecule has 1 amide bonds. The molecule has 0 saturated carbocycles. The van der Waals surface area contributed by atoms with Crippen LogP contribution in [0.5, 0.6) is 0 Å². The van der Waals surface area contributed by atoms with E-state index < -0.39 is 17.9 Å². The maximum absolute atomic E-state index is 11.9. The molecule has 0 bridgehead atoms. The first kappa shape index (κ1) is 17.2. The standard InChI is InChI=1S/C12H15IN2O4S/c13-20-15-10(6-7-11(16)14-18)12(17)19-8-9-4-2-1-3-5-9/h1-5,10,15,18H,6-8H2,(H,14,16)/t10-/m0/s1. The van der Waals surface area contributed by atoms with Gasteiger partial charge in [0.25, 0.3) is 0 Å². The Balaban J connectivity index is 2.44. The van der Waals surface area contributed by atoms with Gasteiger partial charge in [0.15, 0.2) is 0 Å². The molecule has 6 nitrogen and oxygen atoms in total. The fourth-order valence-corrected chi connectivity index (χ4v) is 2.68. The van der Waals surface area contributed by atoms with Crippen LogP contribution in [-0.4, -0.2) is 23.1 Å². The van der Waals surface area contributed by atoms with E-state index in [4.69, 9.17) is 9.94 Å². The van der Waals surface area contributed by atoms with Gasteiger partial charge < -0.3 is 4.74 Å². The van der Waals surface area contributed by atoms with Crippen molar-refractivity contribution in [1.29, 1.82) is 0 Å². The minimum absolute atomic E-state index is 0.0335. The van der Waals surface area contributed by atoms with Gasteiger partial charge in [-0.25, -0.2) is 10.2 Å². The van der Waals surface area contributed by atoms with E-state index in [1.807, 2.05) is 51.5 Å². The molecule has 0 fully saturated rings. The van der Waals surface area contributed by atoms with Gasteiger partial charge in [-0.05, 0) is 21.1 Å². The molecule has 0 saturated heterocycles. The van der Waals surface area contributed by atoms with Crippen LogP contribution in [0.2, 0.25) is 0 Å². The third-order valence-electron chi connectivity index (χ3n) is 2.48. The topological polar surface area (TPSA) is 87.7 Å². The summed E-state index contributed by atoms with van der Waals surface area (Å²) < 4.78 is 8.06. The van der Waals surface area contributed by atoms with Crippen molar-refractivity contribution in [3.8, 4) is 0 Å². The van der Waals surface area contributed by atoms with Crippen LogP contribution in [0, 0.1) is 0 Å². The lowest BCUT2D eigenvalue weighted by Crippen LogP contribution is -2.35. The van der Waals surface area contributed by atoms with Gasteiger partial charge in [-0.2, -0.15) is 0 Å². The van der Waals surface area contributed by atoms with Crippen LogP contribution in [0.15, 0.2) is 30.3 Å². The highest BCUT2D eigenvalue weighted by molar-refractivity contribution is 14.2. The molecule has 20 heavy (non-hydrogen) atoms. The Kier molecular flexibility index (Phi) is 8.58. The zero-order valence-electron chi connectivity index (χ0n) is 10.5. The van der Waals surface area contributed by atoms with Crippen LogP contribution in [0.3, 0.4) is 0 Å². The van der Waals surface area contributed by atoms with E-state index in [1.54, 1.807) is 0 Å².